The second kappa shape index (κ2) is 7.92. The maximum absolute atomic E-state index is 12.4. The van der Waals surface area contributed by atoms with Gasteiger partial charge in [0.25, 0.3) is 0 Å². The van der Waals surface area contributed by atoms with Gasteiger partial charge in [0.2, 0.25) is 5.91 Å². The van der Waals surface area contributed by atoms with Crippen LogP contribution in [0.25, 0.3) is 0 Å². The molecule has 0 atom stereocenters. The molecule has 1 amide bonds. The van der Waals surface area contributed by atoms with Crippen molar-refractivity contribution >= 4 is 11.6 Å². The molecule has 0 aliphatic heterocycles. The summed E-state index contributed by atoms with van der Waals surface area (Å²) in [6, 6.07) is 11.0. The van der Waals surface area contributed by atoms with Gasteiger partial charge in [-0.05, 0) is 43.2 Å². The van der Waals surface area contributed by atoms with Crippen LogP contribution in [0.3, 0.4) is 0 Å². The van der Waals surface area contributed by atoms with Crippen LogP contribution in [0.15, 0.2) is 42.5 Å². The summed E-state index contributed by atoms with van der Waals surface area (Å²) in [4.78, 5) is 11.9. The first-order valence-corrected chi connectivity index (χ1v) is 7.60. The minimum absolute atomic E-state index is 0.00622. The van der Waals surface area contributed by atoms with E-state index in [0.29, 0.717) is 5.75 Å². The van der Waals surface area contributed by atoms with Gasteiger partial charge in [-0.15, -0.1) is 13.2 Å². The van der Waals surface area contributed by atoms with E-state index in [1.807, 2.05) is 26.0 Å². The first-order chi connectivity index (χ1) is 11.8. The van der Waals surface area contributed by atoms with Gasteiger partial charge in [0.05, 0.1) is 18.7 Å². The van der Waals surface area contributed by atoms with Gasteiger partial charge in [0, 0.05) is 0 Å². The van der Waals surface area contributed by atoms with E-state index in [4.69, 9.17) is 4.74 Å². The van der Waals surface area contributed by atoms with Gasteiger partial charge in [0.15, 0.2) is 5.75 Å². The van der Waals surface area contributed by atoms with Crippen LogP contribution >= 0.6 is 0 Å². The SMILES string of the molecule is Cc1cccc(OCCC(=O)Nc2ccccc2OC(F)(F)F)c1C. The van der Waals surface area contributed by atoms with E-state index < -0.39 is 18.0 Å². The van der Waals surface area contributed by atoms with E-state index >= 15 is 0 Å². The predicted molar refractivity (Wildman–Crippen MR) is 87.8 cm³/mol. The maximum atomic E-state index is 12.4. The summed E-state index contributed by atoms with van der Waals surface area (Å²) in [6.07, 6.45) is -4.83. The fraction of sp³-hybridized carbons (Fsp3) is 0.278. The zero-order chi connectivity index (χ0) is 18.4. The number of alkyl halides is 3. The molecule has 7 heteroatoms. The molecule has 0 bridgehead atoms. The third kappa shape index (κ3) is 5.70. The second-order valence-corrected chi connectivity index (χ2v) is 5.39. The van der Waals surface area contributed by atoms with Crippen molar-refractivity contribution in [2.75, 3.05) is 11.9 Å². The summed E-state index contributed by atoms with van der Waals surface area (Å²) in [5.74, 6) is -0.254. The molecule has 0 aromatic heterocycles. The Hall–Kier alpha value is -2.70. The summed E-state index contributed by atoms with van der Waals surface area (Å²) in [6.45, 7) is 3.97. The molecular weight excluding hydrogens is 335 g/mol. The van der Waals surface area contributed by atoms with Crippen molar-refractivity contribution in [2.45, 2.75) is 26.6 Å². The number of nitrogens with one attached hydrogen (secondary N) is 1. The Bertz CT molecular complexity index is 745. The highest BCUT2D eigenvalue weighted by Gasteiger charge is 2.32. The van der Waals surface area contributed by atoms with Crippen LogP contribution in [-0.2, 0) is 4.79 Å². The summed E-state index contributed by atoms with van der Waals surface area (Å²) >= 11 is 0. The van der Waals surface area contributed by atoms with Crippen molar-refractivity contribution < 1.29 is 27.4 Å². The molecule has 0 saturated carbocycles. The molecule has 0 saturated heterocycles. The Morgan fingerprint density at radius 3 is 2.44 bits per heavy atom. The molecule has 4 nitrogen and oxygen atoms in total. The predicted octanol–water partition coefficient (Wildman–Crippen LogP) is 4.61. The summed E-state index contributed by atoms with van der Waals surface area (Å²) in [5.41, 5.74) is 2.00. The molecule has 2 rings (SSSR count). The van der Waals surface area contributed by atoms with Crippen molar-refractivity contribution in [2.24, 2.45) is 0 Å². The second-order valence-electron chi connectivity index (χ2n) is 5.39. The molecule has 0 aliphatic rings. The van der Waals surface area contributed by atoms with Gasteiger partial charge < -0.3 is 14.8 Å². The van der Waals surface area contributed by atoms with Crippen LogP contribution in [0.5, 0.6) is 11.5 Å². The maximum Gasteiger partial charge on any atom is 0.573 e. The molecule has 2 aromatic rings. The lowest BCUT2D eigenvalue weighted by atomic mass is 10.1. The average Bonchev–Trinajstić information content (AvgIpc) is 2.52. The number of amides is 1. The Balaban J connectivity index is 1.92. The summed E-state index contributed by atoms with van der Waals surface area (Å²) < 4.78 is 46.5. The number of hydrogen-bond donors (Lipinski definition) is 1. The van der Waals surface area contributed by atoms with Crippen LogP contribution in [0.2, 0.25) is 0 Å². The molecule has 2 aromatic carbocycles. The standard InChI is InChI=1S/C18H18F3NO3/c1-12-6-5-9-15(13(12)2)24-11-10-17(23)22-14-7-3-4-8-16(14)25-18(19,20)21/h3-9H,10-11H2,1-2H3,(H,22,23). The Labute approximate surface area is 143 Å². The molecule has 0 unspecified atom stereocenters. The van der Waals surface area contributed by atoms with Crippen LogP contribution in [-0.4, -0.2) is 18.9 Å². The highest BCUT2D eigenvalue weighted by Crippen LogP contribution is 2.30. The normalized spacial score (nSPS) is 11.1. The largest absolute Gasteiger partial charge is 0.573 e. The highest BCUT2D eigenvalue weighted by atomic mass is 19.4. The number of halogens is 3. The quantitative estimate of drug-likeness (QED) is 0.825. The third-order valence-corrected chi connectivity index (χ3v) is 3.53. The number of ether oxygens (including phenoxy) is 2. The molecular formula is C18H18F3NO3. The molecule has 1 N–H and O–H groups in total. The lowest BCUT2D eigenvalue weighted by Gasteiger charge is -2.14. The van der Waals surface area contributed by atoms with E-state index in [2.05, 4.69) is 10.1 Å². The smallest absolute Gasteiger partial charge is 0.493 e. The third-order valence-electron chi connectivity index (χ3n) is 3.53. The number of para-hydroxylation sites is 2. The van der Waals surface area contributed by atoms with Gasteiger partial charge in [-0.25, -0.2) is 0 Å². The zero-order valence-corrected chi connectivity index (χ0v) is 13.8. The number of carbonyl (C=O) groups excluding carboxylic acids is 1. The van der Waals surface area contributed by atoms with E-state index in [0.717, 1.165) is 17.2 Å². The molecule has 134 valence electrons. The molecule has 0 radical (unpaired) electrons. The fourth-order valence-electron chi connectivity index (χ4n) is 2.13. The van der Waals surface area contributed by atoms with Crippen molar-refractivity contribution in [1.82, 2.24) is 0 Å². The lowest BCUT2D eigenvalue weighted by molar-refractivity contribution is -0.274. The molecule has 25 heavy (non-hydrogen) atoms. The number of benzene rings is 2. The number of anilines is 1. The Morgan fingerprint density at radius 1 is 1.04 bits per heavy atom. The first-order valence-electron chi connectivity index (χ1n) is 7.60. The van der Waals surface area contributed by atoms with Crippen LogP contribution in [0.4, 0.5) is 18.9 Å². The minimum Gasteiger partial charge on any atom is -0.493 e. The van der Waals surface area contributed by atoms with E-state index in [1.165, 1.54) is 18.2 Å². The molecule has 0 heterocycles. The summed E-state index contributed by atoms with van der Waals surface area (Å²) in [7, 11) is 0. The Kier molecular flexibility index (Phi) is 5.90. The number of aryl methyl sites for hydroxylation is 1. The van der Waals surface area contributed by atoms with Gasteiger partial charge >= 0.3 is 6.36 Å². The highest BCUT2D eigenvalue weighted by molar-refractivity contribution is 5.92. The molecule has 0 aliphatic carbocycles. The van der Waals surface area contributed by atoms with Crippen LogP contribution < -0.4 is 14.8 Å². The topological polar surface area (TPSA) is 47.6 Å². The van der Waals surface area contributed by atoms with Crippen LogP contribution in [0.1, 0.15) is 17.5 Å². The number of hydrogen-bond acceptors (Lipinski definition) is 3. The number of rotatable bonds is 6. The Morgan fingerprint density at radius 2 is 1.72 bits per heavy atom. The van der Waals surface area contributed by atoms with Crippen LogP contribution in [0, 0.1) is 13.8 Å². The van der Waals surface area contributed by atoms with Crippen molar-refractivity contribution in [1.29, 1.82) is 0 Å². The van der Waals surface area contributed by atoms with E-state index in [-0.39, 0.29) is 18.7 Å². The average molecular weight is 353 g/mol. The van der Waals surface area contributed by atoms with Gasteiger partial charge in [0.1, 0.15) is 5.75 Å². The molecule has 0 fully saturated rings. The fourth-order valence-corrected chi connectivity index (χ4v) is 2.13. The van der Waals surface area contributed by atoms with Crippen molar-refractivity contribution in [3.05, 3.63) is 53.6 Å². The lowest BCUT2D eigenvalue weighted by Crippen LogP contribution is -2.20. The van der Waals surface area contributed by atoms with Gasteiger partial charge in [-0.2, -0.15) is 0 Å². The van der Waals surface area contributed by atoms with Crippen molar-refractivity contribution in [3.8, 4) is 11.5 Å². The zero-order valence-electron chi connectivity index (χ0n) is 13.8. The monoisotopic (exact) mass is 353 g/mol. The van der Waals surface area contributed by atoms with E-state index in [9.17, 15) is 18.0 Å². The van der Waals surface area contributed by atoms with E-state index in [1.54, 1.807) is 6.07 Å². The van der Waals surface area contributed by atoms with Crippen molar-refractivity contribution in [3.63, 3.8) is 0 Å². The minimum atomic E-state index is -4.83. The first kappa shape index (κ1) is 18.6. The van der Waals surface area contributed by atoms with Gasteiger partial charge in [-0.3, -0.25) is 4.79 Å². The van der Waals surface area contributed by atoms with Gasteiger partial charge in [-0.1, -0.05) is 24.3 Å². The summed E-state index contributed by atoms with van der Waals surface area (Å²) in [5, 5.41) is 2.40. The number of carbonyl (C=O) groups is 1. The molecule has 0 spiro atoms.